The molecule has 2 rings (SSSR count). The third-order valence-electron chi connectivity index (χ3n) is 3.26. The lowest BCUT2D eigenvalue weighted by atomic mass is 9.96. The van der Waals surface area contributed by atoms with Gasteiger partial charge in [-0.1, -0.05) is 30.3 Å². The maximum atomic E-state index is 12.2. The van der Waals surface area contributed by atoms with Crippen LogP contribution in [0.25, 0.3) is 0 Å². The summed E-state index contributed by atoms with van der Waals surface area (Å²) >= 11 is 3.27. The molecule has 0 fully saturated rings. The summed E-state index contributed by atoms with van der Waals surface area (Å²) in [7, 11) is 0. The summed E-state index contributed by atoms with van der Waals surface area (Å²) in [4.78, 5) is 16.2. The van der Waals surface area contributed by atoms with E-state index < -0.39 is 0 Å². The summed E-state index contributed by atoms with van der Waals surface area (Å²) in [5.41, 5.74) is 1.62. The van der Waals surface area contributed by atoms with Crippen molar-refractivity contribution < 1.29 is 9.90 Å². The van der Waals surface area contributed by atoms with E-state index in [1.54, 1.807) is 18.3 Å². The van der Waals surface area contributed by atoms with Crippen LogP contribution in [-0.2, 0) is 0 Å². The van der Waals surface area contributed by atoms with Crippen LogP contribution in [0.1, 0.15) is 28.3 Å². The molecular weight excluding hydrogens is 332 g/mol. The smallest absolute Gasteiger partial charge is 0.254 e. The minimum atomic E-state index is -0.172. The Bertz CT molecular complexity index is 590. The van der Waals surface area contributed by atoms with Crippen LogP contribution in [0.5, 0.6) is 0 Å². The summed E-state index contributed by atoms with van der Waals surface area (Å²) in [5, 5.41) is 12.1. The van der Waals surface area contributed by atoms with Crippen LogP contribution >= 0.6 is 15.9 Å². The SMILES string of the molecule is O=C(NCC(CCO)c1ccccc1)c1cccnc1Br. The van der Waals surface area contributed by atoms with E-state index in [4.69, 9.17) is 0 Å². The number of halogens is 1. The number of aromatic nitrogens is 1. The van der Waals surface area contributed by atoms with E-state index in [9.17, 15) is 9.90 Å². The highest BCUT2D eigenvalue weighted by Gasteiger charge is 2.15. The number of carbonyl (C=O) groups excluding carboxylic acids is 1. The third-order valence-corrected chi connectivity index (χ3v) is 3.89. The van der Waals surface area contributed by atoms with E-state index in [1.165, 1.54) is 0 Å². The van der Waals surface area contributed by atoms with Crippen LogP contribution in [0.2, 0.25) is 0 Å². The molecule has 0 spiro atoms. The van der Waals surface area contributed by atoms with Crippen molar-refractivity contribution in [1.29, 1.82) is 0 Å². The van der Waals surface area contributed by atoms with E-state index in [-0.39, 0.29) is 18.4 Å². The molecule has 0 bridgehead atoms. The zero-order valence-electron chi connectivity index (χ0n) is 11.5. The van der Waals surface area contributed by atoms with Crippen molar-refractivity contribution in [3.8, 4) is 0 Å². The van der Waals surface area contributed by atoms with Gasteiger partial charge in [-0.2, -0.15) is 0 Å². The molecule has 0 aliphatic heterocycles. The van der Waals surface area contributed by atoms with Gasteiger partial charge in [0.25, 0.3) is 5.91 Å². The molecule has 1 aromatic carbocycles. The number of pyridine rings is 1. The Kier molecular flexibility index (Phi) is 5.90. The number of carbonyl (C=O) groups is 1. The molecule has 0 saturated carbocycles. The highest BCUT2D eigenvalue weighted by molar-refractivity contribution is 9.10. The van der Waals surface area contributed by atoms with Crippen molar-refractivity contribution in [1.82, 2.24) is 10.3 Å². The first-order chi connectivity index (χ1) is 10.2. The van der Waals surface area contributed by atoms with Gasteiger partial charge in [0.15, 0.2) is 0 Å². The number of rotatable bonds is 6. The number of nitrogens with one attached hydrogen (secondary N) is 1. The lowest BCUT2D eigenvalue weighted by molar-refractivity contribution is 0.0948. The molecule has 4 nitrogen and oxygen atoms in total. The molecule has 2 N–H and O–H groups in total. The summed E-state index contributed by atoms with van der Waals surface area (Å²) in [5.74, 6) is -0.0792. The quantitative estimate of drug-likeness (QED) is 0.789. The normalized spacial score (nSPS) is 11.9. The topological polar surface area (TPSA) is 62.2 Å². The molecule has 1 atom stereocenters. The molecule has 1 heterocycles. The van der Waals surface area contributed by atoms with Gasteiger partial charge in [-0.15, -0.1) is 0 Å². The Hall–Kier alpha value is -1.72. The molecule has 1 aromatic heterocycles. The van der Waals surface area contributed by atoms with Crippen molar-refractivity contribution in [2.45, 2.75) is 12.3 Å². The molecule has 110 valence electrons. The monoisotopic (exact) mass is 348 g/mol. The van der Waals surface area contributed by atoms with Crippen LogP contribution in [0.15, 0.2) is 53.3 Å². The van der Waals surface area contributed by atoms with E-state index in [0.717, 1.165) is 5.56 Å². The number of nitrogens with zero attached hydrogens (tertiary/aromatic N) is 1. The second kappa shape index (κ2) is 7.90. The zero-order valence-corrected chi connectivity index (χ0v) is 13.1. The number of aliphatic hydroxyl groups excluding tert-OH is 1. The van der Waals surface area contributed by atoms with E-state index in [0.29, 0.717) is 23.1 Å². The van der Waals surface area contributed by atoms with E-state index in [2.05, 4.69) is 26.2 Å². The van der Waals surface area contributed by atoms with Gasteiger partial charge in [-0.3, -0.25) is 4.79 Å². The first kappa shape index (κ1) is 15.7. The highest BCUT2D eigenvalue weighted by atomic mass is 79.9. The Balaban J connectivity index is 2.02. The lowest BCUT2D eigenvalue weighted by Gasteiger charge is -2.17. The molecule has 0 radical (unpaired) electrons. The van der Waals surface area contributed by atoms with Gasteiger partial charge < -0.3 is 10.4 Å². The fraction of sp³-hybridized carbons (Fsp3) is 0.250. The fourth-order valence-corrected chi connectivity index (χ4v) is 2.56. The highest BCUT2D eigenvalue weighted by Crippen LogP contribution is 2.19. The predicted molar refractivity (Wildman–Crippen MR) is 85.2 cm³/mol. The van der Waals surface area contributed by atoms with Crippen LogP contribution in [0.4, 0.5) is 0 Å². The summed E-state index contributed by atoms with van der Waals surface area (Å²) in [6.07, 6.45) is 2.23. The van der Waals surface area contributed by atoms with Crippen LogP contribution in [0, 0.1) is 0 Å². The molecule has 2 aromatic rings. The average molecular weight is 349 g/mol. The predicted octanol–water partition coefficient (Wildman–Crippen LogP) is 2.74. The Morgan fingerprint density at radius 1 is 1.24 bits per heavy atom. The van der Waals surface area contributed by atoms with Gasteiger partial charge in [0.05, 0.1) is 5.56 Å². The van der Waals surface area contributed by atoms with Gasteiger partial charge in [0, 0.05) is 25.3 Å². The molecule has 0 aliphatic rings. The Labute approximate surface area is 132 Å². The Morgan fingerprint density at radius 3 is 2.67 bits per heavy atom. The number of amides is 1. The number of benzene rings is 1. The minimum Gasteiger partial charge on any atom is -0.396 e. The fourth-order valence-electron chi connectivity index (χ4n) is 2.13. The summed E-state index contributed by atoms with van der Waals surface area (Å²) in [6, 6.07) is 13.3. The third kappa shape index (κ3) is 4.37. The average Bonchev–Trinajstić information content (AvgIpc) is 2.52. The number of hydrogen-bond donors (Lipinski definition) is 2. The molecule has 1 amide bonds. The summed E-state index contributed by atoms with van der Waals surface area (Å²) < 4.78 is 0.529. The maximum Gasteiger partial charge on any atom is 0.254 e. The first-order valence-corrected chi connectivity index (χ1v) is 7.56. The zero-order chi connectivity index (χ0) is 15.1. The molecular formula is C16H17BrN2O2. The molecule has 0 saturated heterocycles. The van der Waals surface area contributed by atoms with Crippen molar-refractivity contribution in [2.24, 2.45) is 0 Å². The summed E-state index contributed by atoms with van der Waals surface area (Å²) in [6.45, 7) is 0.566. The van der Waals surface area contributed by atoms with Crippen molar-refractivity contribution in [2.75, 3.05) is 13.2 Å². The van der Waals surface area contributed by atoms with Crippen molar-refractivity contribution in [3.63, 3.8) is 0 Å². The molecule has 0 aliphatic carbocycles. The minimum absolute atomic E-state index is 0.0893. The van der Waals surface area contributed by atoms with Crippen LogP contribution in [0.3, 0.4) is 0 Å². The van der Waals surface area contributed by atoms with Crippen LogP contribution in [-0.4, -0.2) is 29.1 Å². The van der Waals surface area contributed by atoms with Crippen molar-refractivity contribution in [3.05, 3.63) is 64.4 Å². The number of hydrogen-bond acceptors (Lipinski definition) is 3. The van der Waals surface area contributed by atoms with Gasteiger partial charge in [0.2, 0.25) is 0 Å². The second-order valence-corrected chi connectivity index (χ2v) is 5.42. The Morgan fingerprint density at radius 2 is 2.00 bits per heavy atom. The molecule has 5 heteroatoms. The van der Waals surface area contributed by atoms with Gasteiger partial charge in [-0.05, 0) is 40.0 Å². The lowest BCUT2D eigenvalue weighted by Crippen LogP contribution is -2.29. The van der Waals surface area contributed by atoms with Crippen molar-refractivity contribution >= 4 is 21.8 Å². The van der Waals surface area contributed by atoms with Crippen LogP contribution < -0.4 is 5.32 Å². The number of aliphatic hydroxyl groups is 1. The molecule has 1 unspecified atom stereocenters. The largest absolute Gasteiger partial charge is 0.396 e. The molecule has 21 heavy (non-hydrogen) atoms. The second-order valence-electron chi connectivity index (χ2n) is 4.67. The van der Waals surface area contributed by atoms with Gasteiger partial charge >= 0.3 is 0 Å². The first-order valence-electron chi connectivity index (χ1n) is 6.77. The standard InChI is InChI=1S/C16H17BrN2O2/c17-15-14(7-4-9-18-15)16(21)19-11-13(8-10-20)12-5-2-1-3-6-12/h1-7,9,13,20H,8,10-11H2,(H,19,21). The van der Waals surface area contributed by atoms with E-state index >= 15 is 0 Å². The maximum absolute atomic E-state index is 12.2. The van der Waals surface area contributed by atoms with E-state index in [1.807, 2.05) is 30.3 Å². The van der Waals surface area contributed by atoms with Gasteiger partial charge in [-0.25, -0.2) is 4.98 Å². The van der Waals surface area contributed by atoms with Gasteiger partial charge in [0.1, 0.15) is 4.60 Å².